The van der Waals surface area contributed by atoms with Gasteiger partial charge in [0.15, 0.2) is 0 Å². The monoisotopic (exact) mass is 768 g/mol. The number of allylic oxidation sites excluding steroid dienone is 5. The number of unbranched alkanes of at least 4 members (excludes halogenated alkanes) is 28. The Labute approximate surface area is 328 Å². The number of rotatable bonds is 40. The second-order valence-corrected chi connectivity index (χ2v) is 17.0. The van der Waals surface area contributed by atoms with Gasteiger partial charge >= 0.3 is 0 Å². The van der Waals surface area contributed by atoms with Crippen molar-refractivity contribution in [3.05, 3.63) is 36.5 Å². The van der Waals surface area contributed by atoms with Gasteiger partial charge in [0.05, 0.1) is 17.9 Å². The van der Waals surface area contributed by atoms with Crippen molar-refractivity contribution in [2.24, 2.45) is 0 Å². The number of hydrogen-bond donors (Lipinski definition) is 4. The molecule has 0 aromatic rings. The van der Waals surface area contributed by atoms with Gasteiger partial charge in [0.2, 0.25) is 5.91 Å². The van der Waals surface area contributed by atoms with Crippen molar-refractivity contribution in [1.29, 1.82) is 0 Å². The Morgan fingerprint density at radius 2 is 0.868 bits per heavy atom. The van der Waals surface area contributed by atoms with Crippen LogP contribution < -0.4 is 5.32 Å². The Hall–Kier alpha value is -1.48. The summed E-state index contributed by atoms with van der Waals surface area (Å²) in [6, 6.07) is -1.23. The first-order chi connectivity index (χ1) is 25.7. The van der Waals surface area contributed by atoms with Crippen LogP contribution in [0.15, 0.2) is 36.5 Å². The van der Waals surface area contributed by atoms with Crippen LogP contribution in [0.3, 0.4) is 0 Å². The van der Waals surface area contributed by atoms with E-state index in [2.05, 4.69) is 43.5 Å². The molecule has 0 bridgehead atoms. The van der Waals surface area contributed by atoms with Crippen molar-refractivity contribution in [2.75, 3.05) is 5.75 Å². The zero-order valence-electron chi connectivity index (χ0n) is 34.5. The van der Waals surface area contributed by atoms with Gasteiger partial charge in [-0.2, -0.15) is 8.42 Å². The Bertz CT molecular complexity index is 995. The number of aliphatic hydroxyl groups is 2. The van der Waals surface area contributed by atoms with E-state index in [-0.39, 0.29) is 6.42 Å². The highest BCUT2D eigenvalue weighted by molar-refractivity contribution is 7.85. The first kappa shape index (κ1) is 51.5. The molecule has 0 aromatic carbocycles. The predicted molar refractivity (Wildman–Crippen MR) is 227 cm³/mol. The number of carbonyl (C=O) groups excluding carboxylic acids is 1. The maximum absolute atomic E-state index is 12.6. The lowest BCUT2D eigenvalue weighted by molar-refractivity contribution is -0.130. The molecule has 7 nitrogen and oxygen atoms in total. The maximum atomic E-state index is 12.6. The van der Waals surface area contributed by atoms with Gasteiger partial charge in [-0.15, -0.1) is 0 Å². The highest BCUT2D eigenvalue weighted by atomic mass is 32.2. The van der Waals surface area contributed by atoms with Gasteiger partial charge in [-0.1, -0.05) is 211 Å². The minimum absolute atomic E-state index is 0.275. The van der Waals surface area contributed by atoms with Gasteiger partial charge in [0.25, 0.3) is 10.1 Å². The van der Waals surface area contributed by atoms with E-state index in [0.717, 1.165) is 44.9 Å². The summed E-state index contributed by atoms with van der Waals surface area (Å²) in [5.74, 6) is -1.54. The quantitative estimate of drug-likeness (QED) is 0.0213. The van der Waals surface area contributed by atoms with Crippen LogP contribution >= 0.6 is 0 Å². The second kappa shape index (κ2) is 38.8. The minimum atomic E-state index is -4.44. The summed E-state index contributed by atoms with van der Waals surface area (Å²) in [5, 5.41) is 23.5. The molecule has 8 heteroatoms. The Morgan fingerprint density at radius 1 is 0.528 bits per heavy atom. The Balaban J connectivity index is 3.99. The van der Waals surface area contributed by atoms with Crippen molar-refractivity contribution in [3.63, 3.8) is 0 Å². The van der Waals surface area contributed by atoms with Crippen LogP contribution in [-0.4, -0.2) is 53.1 Å². The molecule has 0 aliphatic carbocycles. The number of nitrogens with one attached hydrogen (secondary N) is 1. The Morgan fingerprint density at radius 3 is 1.28 bits per heavy atom. The second-order valence-electron chi connectivity index (χ2n) is 15.5. The molecule has 0 radical (unpaired) electrons. The van der Waals surface area contributed by atoms with Gasteiger partial charge in [-0.05, 0) is 44.9 Å². The van der Waals surface area contributed by atoms with Crippen LogP contribution in [-0.2, 0) is 14.9 Å². The van der Waals surface area contributed by atoms with E-state index in [0.29, 0.717) is 6.42 Å². The summed E-state index contributed by atoms with van der Waals surface area (Å²) in [6.07, 6.45) is 47.6. The number of carbonyl (C=O) groups is 1. The number of amides is 1. The molecule has 0 aromatic heterocycles. The molecule has 0 aliphatic heterocycles. The molecular formula is C45H85NO6S. The summed E-state index contributed by atoms with van der Waals surface area (Å²) in [6.45, 7) is 4.49. The van der Waals surface area contributed by atoms with E-state index >= 15 is 0 Å². The summed E-state index contributed by atoms with van der Waals surface area (Å²) >= 11 is 0. The minimum Gasteiger partial charge on any atom is -0.387 e. The highest BCUT2D eigenvalue weighted by Crippen LogP contribution is 2.15. The van der Waals surface area contributed by atoms with E-state index in [1.54, 1.807) is 6.08 Å². The third-order valence-corrected chi connectivity index (χ3v) is 11.0. The number of aliphatic hydroxyl groups excluding tert-OH is 2. The highest BCUT2D eigenvalue weighted by Gasteiger charge is 2.27. The molecule has 0 spiro atoms. The van der Waals surface area contributed by atoms with E-state index in [1.165, 1.54) is 154 Å². The van der Waals surface area contributed by atoms with Crippen LogP contribution in [0.2, 0.25) is 0 Å². The molecule has 53 heavy (non-hydrogen) atoms. The fourth-order valence-corrected chi connectivity index (χ4v) is 7.48. The molecule has 312 valence electrons. The van der Waals surface area contributed by atoms with E-state index < -0.39 is 40.0 Å². The first-order valence-electron chi connectivity index (χ1n) is 22.3. The van der Waals surface area contributed by atoms with Crippen molar-refractivity contribution in [3.8, 4) is 0 Å². The summed E-state index contributed by atoms with van der Waals surface area (Å²) in [7, 11) is -4.44. The largest absolute Gasteiger partial charge is 0.387 e. The topological polar surface area (TPSA) is 124 Å². The molecule has 0 aliphatic rings. The van der Waals surface area contributed by atoms with Crippen LogP contribution in [0.4, 0.5) is 0 Å². The molecule has 3 atom stereocenters. The van der Waals surface area contributed by atoms with Crippen molar-refractivity contribution in [2.45, 2.75) is 238 Å². The van der Waals surface area contributed by atoms with E-state index in [9.17, 15) is 28.0 Å². The third kappa shape index (κ3) is 38.6. The normalized spacial score (nSPS) is 14.1. The Kier molecular flexibility index (Phi) is 37.7. The molecule has 0 rings (SSSR count). The van der Waals surface area contributed by atoms with Crippen LogP contribution in [0.5, 0.6) is 0 Å². The van der Waals surface area contributed by atoms with Crippen molar-refractivity contribution >= 4 is 16.0 Å². The molecular weight excluding hydrogens is 683 g/mol. The van der Waals surface area contributed by atoms with E-state index in [1.807, 2.05) is 0 Å². The SMILES string of the molecule is CCCCC/C=C\C=C/CCCCCCCCCCCC(O)C(=O)NC(CS(=O)(=O)O)C(O)/C=C/CCCCCCCCCCCCCCCCCC. The van der Waals surface area contributed by atoms with Crippen molar-refractivity contribution < 1.29 is 28.0 Å². The molecule has 0 saturated heterocycles. The van der Waals surface area contributed by atoms with Crippen LogP contribution in [0, 0.1) is 0 Å². The average Bonchev–Trinajstić information content (AvgIpc) is 3.12. The lowest BCUT2D eigenvalue weighted by atomic mass is 10.0. The van der Waals surface area contributed by atoms with Crippen LogP contribution in [0.1, 0.15) is 219 Å². The van der Waals surface area contributed by atoms with Gasteiger partial charge in [0, 0.05) is 0 Å². The predicted octanol–water partition coefficient (Wildman–Crippen LogP) is 12.3. The summed E-state index contributed by atoms with van der Waals surface area (Å²) in [5.41, 5.74) is 0. The van der Waals surface area contributed by atoms with Crippen molar-refractivity contribution in [1.82, 2.24) is 5.32 Å². The summed E-state index contributed by atoms with van der Waals surface area (Å²) < 4.78 is 32.6. The van der Waals surface area contributed by atoms with Gasteiger partial charge in [-0.3, -0.25) is 9.35 Å². The van der Waals surface area contributed by atoms with Gasteiger partial charge < -0.3 is 15.5 Å². The lowest BCUT2D eigenvalue weighted by Crippen LogP contribution is -2.50. The average molecular weight is 768 g/mol. The molecule has 4 N–H and O–H groups in total. The van der Waals surface area contributed by atoms with Crippen LogP contribution in [0.25, 0.3) is 0 Å². The fraction of sp³-hybridized carbons (Fsp3) is 0.844. The zero-order valence-corrected chi connectivity index (χ0v) is 35.3. The molecule has 0 saturated carbocycles. The van der Waals surface area contributed by atoms with Gasteiger partial charge in [0.1, 0.15) is 6.10 Å². The molecule has 0 fully saturated rings. The maximum Gasteiger partial charge on any atom is 0.267 e. The standard InChI is InChI=1S/C45H85NO6S/c1-3-5-7-9-11-13-15-17-19-21-23-25-27-29-31-33-35-37-39-43(47)42(41-53(50,51)52)46-45(49)44(48)40-38-36-34-32-30-28-26-24-22-20-18-16-14-12-10-8-6-4-2/h12,14,16,18,37,39,42-44,47-48H,3-11,13,15,17,19-36,38,40-41H2,1-2H3,(H,46,49)(H,50,51,52)/b14-12-,18-16-,39-37+. The third-order valence-electron chi connectivity index (χ3n) is 10.2. The van der Waals surface area contributed by atoms with Gasteiger partial charge in [-0.25, -0.2) is 0 Å². The number of hydrogen-bond acceptors (Lipinski definition) is 5. The molecule has 0 heterocycles. The summed E-state index contributed by atoms with van der Waals surface area (Å²) in [4.78, 5) is 12.6. The fourth-order valence-electron chi connectivity index (χ4n) is 6.74. The first-order valence-corrected chi connectivity index (χ1v) is 23.9. The lowest BCUT2D eigenvalue weighted by Gasteiger charge is -2.22. The molecule has 3 unspecified atom stereocenters. The zero-order chi connectivity index (χ0) is 39.1. The molecule has 1 amide bonds. The van der Waals surface area contributed by atoms with E-state index in [4.69, 9.17) is 0 Å². The smallest absolute Gasteiger partial charge is 0.267 e.